The molecule has 0 unspecified atom stereocenters. The number of aromatic nitrogens is 4. The Kier molecular flexibility index (Phi) is 3.71. The van der Waals surface area contributed by atoms with E-state index in [0.717, 1.165) is 48.6 Å². The van der Waals surface area contributed by atoms with Gasteiger partial charge < -0.3 is 9.47 Å². The van der Waals surface area contributed by atoms with E-state index >= 15 is 0 Å². The lowest BCUT2D eigenvalue weighted by Gasteiger charge is -2.35. The van der Waals surface area contributed by atoms with E-state index in [1.54, 1.807) is 0 Å². The van der Waals surface area contributed by atoms with Crippen molar-refractivity contribution in [3.05, 3.63) is 59.5 Å². The molecule has 5 nitrogen and oxygen atoms in total. The van der Waals surface area contributed by atoms with Crippen molar-refractivity contribution in [3.8, 4) is 0 Å². The highest BCUT2D eigenvalue weighted by Gasteiger charge is 2.24. The van der Waals surface area contributed by atoms with Crippen molar-refractivity contribution in [2.75, 3.05) is 18.0 Å². The van der Waals surface area contributed by atoms with E-state index in [4.69, 9.17) is 4.98 Å². The van der Waals surface area contributed by atoms with Gasteiger partial charge in [0.15, 0.2) is 5.65 Å². The molecule has 0 amide bonds. The second-order valence-corrected chi connectivity index (χ2v) is 7.71. The lowest BCUT2D eigenvalue weighted by molar-refractivity contribution is 0.386. The molecule has 0 radical (unpaired) electrons. The molecule has 1 aromatic carbocycles. The number of hydrogen-bond acceptors (Lipinski definition) is 3. The molecule has 4 aromatic rings. The fourth-order valence-electron chi connectivity index (χ4n) is 4.59. The Bertz CT molecular complexity index is 1110. The van der Waals surface area contributed by atoms with Crippen LogP contribution in [0.3, 0.4) is 0 Å². The van der Waals surface area contributed by atoms with Crippen LogP contribution >= 0.6 is 0 Å². The zero-order chi connectivity index (χ0) is 18.5. The SMILES string of the molecule is Cc1cc2nc(N3CCC(n4c(C)ccc4C)CC3)c3ccccc3n2n1. The summed E-state index contributed by atoms with van der Waals surface area (Å²) >= 11 is 0. The second kappa shape index (κ2) is 6.12. The van der Waals surface area contributed by atoms with Crippen molar-refractivity contribution >= 4 is 22.4 Å². The molecular weight excluding hydrogens is 334 g/mol. The van der Waals surface area contributed by atoms with E-state index in [9.17, 15) is 0 Å². The van der Waals surface area contributed by atoms with Crippen LogP contribution in [0, 0.1) is 20.8 Å². The molecule has 27 heavy (non-hydrogen) atoms. The minimum Gasteiger partial charge on any atom is -0.356 e. The Morgan fingerprint density at radius 3 is 2.37 bits per heavy atom. The minimum absolute atomic E-state index is 0.587. The predicted molar refractivity (Wildman–Crippen MR) is 110 cm³/mol. The number of fused-ring (bicyclic) bond motifs is 3. The van der Waals surface area contributed by atoms with Crippen molar-refractivity contribution in [1.29, 1.82) is 0 Å². The van der Waals surface area contributed by atoms with Crippen LogP contribution in [0.2, 0.25) is 0 Å². The van der Waals surface area contributed by atoms with Crippen LogP contribution in [0.5, 0.6) is 0 Å². The quantitative estimate of drug-likeness (QED) is 0.531. The Morgan fingerprint density at radius 2 is 1.63 bits per heavy atom. The molecule has 0 spiro atoms. The van der Waals surface area contributed by atoms with E-state index in [-0.39, 0.29) is 0 Å². The summed E-state index contributed by atoms with van der Waals surface area (Å²) < 4.78 is 4.47. The highest BCUT2D eigenvalue weighted by molar-refractivity contribution is 5.91. The number of rotatable bonds is 2. The molecule has 3 aromatic heterocycles. The summed E-state index contributed by atoms with van der Waals surface area (Å²) in [6, 6.07) is 15.6. The summed E-state index contributed by atoms with van der Waals surface area (Å²) in [7, 11) is 0. The standard InChI is InChI=1S/C22H25N5/c1-15-14-21-23-22(19-6-4-5-7-20(19)27(21)24-15)25-12-10-18(11-13-25)26-16(2)8-9-17(26)3/h4-9,14,18H,10-13H2,1-3H3. The van der Waals surface area contributed by atoms with E-state index in [0.29, 0.717) is 6.04 Å². The van der Waals surface area contributed by atoms with Crippen LogP contribution in [0.25, 0.3) is 16.6 Å². The topological polar surface area (TPSA) is 38.4 Å². The average Bonchev–Trinajstić information content (AvgIpc) is 3.22. The van der Waals surface area contributed by atoms with Crippen LogP contribution in [0.15, 0.2) is 42.5 Å². The third-order valence-electron chi connectivity index (χ3n) is 5.86. The lowest BCUT2D eigenvalue weighted by atomic mass is 10.0. The maximum absolute atomic E-state index is 4.99. The van der Waals surface area contributed by atoms with Gasteiger partial charge in [-0.3, -0.25) is 0 Å². The largest absolute Gasteiger partial charge is 0.356 e. The van der Waals surface area contributed by atoms with Gasteiger partial charge in [-0.1, -0.05) is 12.1 Å². The third kappa shape index (κ3) is 2.60. The first-order valence-corrected chi connectivity index (χ1v) is 9.76. The van der Waals surface area contributed by atoms with Crippen LogP contribution in [-0.2, 0) is 0 Å². The average molecular weight is 359 g/mol. The Labute approximate surface area is 159 Å². The van der Waals surface area contributed by atoms with Crippen molar-refractivity contribution < 1.29 is 0 Å². The highest BCUT2D eigenvalue weighted by Crippen LogP contribution is 2.32. The molecule has 0 bridgehead atoms. The summed E-state index contributed by atoms with van der Waals surface area (Å²) in [5, 5.41) is 5.81. The van der Waals surface area contributed by atoms with Gasteiger partial charge in [0.1, 0.15) is 5.82 Å². The molecule has 1 aliphatic heterocycles. The highest BCUT2D eigenvalue weighted by atomic mass is 15.3. The number of hydrogen-bond donors (Lipinski definition) is 0. The molecule has 0 saturated carbocycles. The summed E-state index contributed by atoms with van der Waals surface area (Å²) in [6.45, 7) is 8.51. The first-order chi connectivity index (χ1) is 13.1. The van der Waals surface area contributed by atoms with Gasteiger partial charge in [0, 0.05) is 42.0 Å². The Morgan fingerprint density at radius 1 is 0.926 bits per heavy atom. The number of anilines is 1. The first kappa shape index (κ1) is 16.4. The summed E-state index contributed by atoms with van der Waals surface area (Å²) in [4.78, 5) is 7.44. The summed E-state index contributed by atoms with van der Waals surface area (Å²) in [5.41, 5.74) is 5.80. The fraction of sp³-hybridized carbons (Fsp3) is 0.364. The predicted octanol–water partition coefficient (Wildman–Crippen LogP) is 4.45. The van der Waals surface area contributed by atoms with Gasteiger partial charge in [-0.2, -0.15) is 5.10 Å². The van der Waals surface area contributed by atoms with Crippen LogP contribution < -0.4 is 4.90 Å². The molecular formula is C22H25N5. The van der Waals surface area contributed by atoms with Crippen LogP contribution in [-0.4, -0.2) is 32.3 Å². The van der Waals surface area contributed by atoms with E-state index in [2.05, 4.69) is 70.9 Å². The molecule has 0 atom stereocenters. The molecule has 1 aliphatic rings. The molecule has 1 saturated heterocycles. The fourth-order valence-corrected chi connectivity index (χ4v) is 4.59. The van der Waals surface area contributed by atoms with Crippen LogP contribution in [0.4, 0.5) is 5.82 Å². The molecule has 1 fully saturated rings. The summed E-state index contributed by atoms with van der Waals surface area (Å²) in [5.74, 6) is 1.09. The Balaban J connectivity index is 1.51. The van der Waals surface area contributed by atoms with Gasteiger partial charge >= 0.3 is 0 Å². The van der Waals surface area contributed by atoms with Gasteiger partial charge in [-0.25, -0.2) is 9.50 Å². The lowest BCUT2D eigenvalue weighted by Crippen LogP contribution is -2.35. The van der Waals surface area contributed by atoms with Gasteiger partial charge in [-0.05, 0) is 57.9 Å². The normalized spacial score (nSPS) is 15.9. The number of benzene rings is 1. The summed E-state index contributed by atoms with van der Waals surface area (Å²) in [6.07, 6.45) is 2.30. The molecule has 0 N–H and O–H groups in total. The Hall–Kier alpha value is -2.82. The van der Waals surface area contributed by atoms with Crippen molar-refractivity contribution in [1.82, 2.24) is 19.2 Å². The zero-order valence-corrected chi connectivity index (χ0v) is 16.2. The van der Waals surface area contributed by atoms with E-state index < -0.39 is 0 Å². The van der Waals surface area contributed by atoms with Gasteiger partial charge in [0.05, 0.1) is 11.2 Å². The monoisotopic (exact) mass is 359 g/mol. The first-order valence-electron chi connectivity index (χ1n) is 9.76. The van der Waals surface area contributed by atoms with E-state index in [1.165, 1.54) is 16.8 Å². The zero-order valence-electron chi connectivity index (χ0n) is 16.2. The van der Waals surface area contributed by atoms with Crippen molar-refractivity contribution in [2.24, 2.45) is 0 Å². The van der Waals surface area contributed by atoms with Crippen molar-refractivity contribution in [3.63, 3.8) is 0 Å². The van der Waals surface area contributed by atoms with Gasteiger partial charge in [-0.15, -0.1) is 0 Å². The maximum atomic E-state index is 4.99. The number of piperidine rings is 1. The second-order valence-electron chi connectivity index (χ2n) is 7.71. The number of para-hydroxylation sites is 1. The van der Waals surface area contributed by atoms with Gasteiger partial charge in [0.2, 0.25) is 0 Å². The van der Waals surface area contributed by atoms with Gasteiger partial charge in [0.25, 0.3) is 0 Å². The molecule has 5 heteroatoms. The molecule has 0 aliphatic carbocycles. The maximum Gasteiger partial charge on any atom is 0.158 e. The van der Waals surface area contributed by atoms with E-state index in [1.807, 2.05) is 11.4 Å². The molecule has 138 valence electrons. The number of aryl methyl sites for hydroxylation is 3. The molecule has 4 heterocycles. The number of nitrogens with zero attached hydrogens (tertiary/aromatic N) is 5. The molecule has 5 rings (SSSR count). The van der Waals surface area contributed by atoms with Crippen LogP contribution in [0.1, 0.15) is 36.0 Å². The smallest absolute Gasteiger partial charge is 0.158 e. The minimum atomic E-state index is 0.587. The van der Waals surface area contributed by atoms with Crippen molar-refractivity contribution in [2.45, 2.75) is 39.7 Å². The third-order valence-corrected chi connectivity index (χ3v) is 5.86.